The molecular weight excluding hydrogens is 286 g/mol. The van der Waals surface area contributed by atoms with Crippen molar-refractivity contribution in [1.82, 2.24) is 4.31 Å². The van der Waals surface area contributed by atoms with E-state index in [-0.39, 0.29) is 11.8 Å². The molecule has 0 bridgehead atoms. The van der Waals surface area contributed by atoms with Crippen molar-refractivity contribution in [2.45, 2.75) is 31.6 Å². The van der Waals surface area contributed by atoms with Gasteiger partial charge in [-0.05, 0) is 30.4 Å². The highest BCUT2D eigenvalue weighted by atomic mass is 32.2. The van der Waals surface area contributed by atoms with Crippen LogP contribution in [-0.2, 0) is 15.8 Å². The third-order valence-electron chi connectivity index (χ3n) is 4.03. The second-order valence-electron chi connectivity index (χ2n) is 5.65. The molecular formula is C15H21N3O2S. The van der Waals surface area contributed by atoms with E-state index in [4.69, 9.17) is 11.0 Å². The maximum atomic E-state index is 12.7. The van der Waals surface area contributed by atoms with E-state index in [1.54, 1.807) is 24.3 Å². The first-order valence-corrected chi connectivity index (χ1v) is 8.76. The largest absolute Gasteiger partial charge is 0.329 e. The summed E-state index contributed by atoms with van der Waals surface area (Å²) >= 11 is 0. The van der Waals surface area contributed by atoms with Crippen LogP contribution in [0.5, 0.6) is 0 Å². The summed E-state index contributed by atoms with van der Waals surface area (Å²) in [4.78, 5) is 0. The Morgan fingerprint density at radius 2 is 2.14 bits per heavy atom. The number of hydrogen-bond acceptors (Lipinski definition) is 4. The Bertz CT molecular complexity index is 637. The van der Waals surface area contributed by atoms with Crippen molar-refractivity contribution in [3.63, 3.8) is 0 Å². The summed E-state index contributed by atoms with van der Waals surface area (Å²) in [6.45, 7) is 2.97. The van der Waals surface area contributed by atoms with Gasteiger partial charge in [0, 0.05) is 19.1 Å². The molecule has 1 heterocycles. The third-order valence-corrected chi connectivity index (χ3v) is 5.90. The molecule has 0 aliphatic carbocycles. The maximum Gasteiger partial charge on any atom is 0.218 e. The number of hydrogen-bond donors (Lipinski definition) is 1. The molecule has 1 aromatic rings. The van der Waals surface area contributed by atoms with Crippen molar-refractivity contribution in [3.05, 3.63) is 35.4 Å². The Labute approximate surface area is 126 Å². The van der Waals surface area contributed by atoms with E-state index in [0.29, 0.717) is 30.1 Å². The predicted molar refractivity (Wildman–Crippen MR) is 81.7 cm³/mol. The van der Waals surface area contributed by atoms with Gasteiger partial charge in [0.15, 0.2) is 0 Å². The first-order valence-electron chi connectivity index (χ1n) is 7.15. The maximum absolute atomic E-state index is 12.7. The van der Waals surface area contributed by atoms with Crippen LogP contribution < -0.4 is 5.73 Å². The lowest BCUT2D eigenvalue weighted by molar-refractivity contribution is 0.211. The van der Waals surface area contributed by atoms with Crippen LogP contribution in [0.4, 0.5) is 0 Å². The Hall–Kier alpha value is -1.42. The number of sulfonamides is 1. The number of nitrogens with two attached hydrogens (primary N) is 1. The fourth-order valence-electron chi connectivity index (χ4n) is 2.84. The summed E-state index contributed by atoms with van der Waals surface area (Å²) in [5, 5.41) is 9.08. The van der Waals surface area contributed by atoms with E-state index in [1.807, 2.05) is 6.07 Å². The average molecular weight is 307 g/mol. The molecule has 2 unspecified atom stereocenters. The molecule has 1 aliphatic rings. The summed E-state index contributed by atoms with van der Waals surface area (Å²) in [7, 11) is -3.45. The highest BCUT2D eigenvalue weighted by molar-refractivity contribution is 7.88. The van der Waals surface area contributed by atoms with Crippen molar-refractivity contribution >= 4 is 10.0 Å². The first kappa shape index (κ1) is 16.0. The summed E-state index contributed by atoms with van der Waals surface area (Å²) in [6.07, 6.45) is 1.66. The van der Waals surface area contributed by atoms with Gasteiger partial charge < -0.3 is 5.73 Å². The highest BCUT2D eigenvalue weighted by Crippen LogP contribution is 2.26. The van der Waals surface area contributed by atoms with Crippen LogP contribution >= 0.6 is 0 Å². The summed E-state index contributed by atoms with van der Waals surface area (Å²) in [5.41, 5.74) is 6.71. The van der Waals surface area contributed by atoms with Crippen LogP contribution in [0.1, 0.15) is 30.9 Å². The third kappa shape index (κ3) is 3.62. The van der Waals surface area contributed by atoms with Gasteiger partial charge in [0.05, 0.1) is 17.4 Å². The molecule has 2 N–H and O–H groups in total. The zero-order chi connectivity index (χ0) is 15.5. The number of benzene rings is 1. The predicted octanol–water partition coefficient (Wildman–Crippen LogP) is 1.45. The molecule has 6 heteroatoms. The van der Waals surface area contributed by atoms with Gasteiger partial charge in [-0.25, -0.2) is 8.42 Å². The van der Waals surface area contributed by atoms with Gasteiger partial charge >= 0.3 is 0 Å². The number of rotatable bonds is 4. The molecule has 1 aliphatic heterocycles. The lowest BCUT2D eigenvalue weighted by atomic mass is 9.94. The van der Waals surface area contributed by atoms with Gasteiger partial charge in [0.1, 0.15) is 0 Å². The van der Waals surface area contributed by atoms with Crippen molar-refractivity contribution in [1.29, 1.82) is 5.26 Å². The van der Waals surface area contributed by atoms with Crippen LogP contribution in [-0.4, -0.2) is 31.9 Å². The van der Waals surface area contributed by atoms with Crippen molar-refractivity contribution in [3.8, 4) is 6.07 Å². The molecule has 1 fully saturated rings. The topological polar surface area (TPSA) is 87.2 Å². The van der Waals surface area contributed by atoms with Gasteiger partial charge in [0.2, 0.25) is 10.0 Å². The second kappa shape index (κ2) is 6.56. The van der Waals surface area contributed by atoms with Crippen molar-refractivity contribution < 1.29 is 8.42 Å². The summed E-state index contributed by atoms with van der Waals surface area (Å²) < 4.78 is 26.8. The standard InChI is InChI=1S/C15H21N3O2S/c1-12-6-7-18(15(8-12)10-17)21(19,20)11-14-5-3-2-4-13(14)9-16/h2-5,12,15H,6-8,10-11,17H2,1H3. The van der Waals surface area contributed by atoms with E-state index in [9.17, 15) is 8.42 Å². The molecule has 0 spiro atoms. The molecule has 1 saturated heterocycles. The molecule has 21 heavy (non-hydrogen) atoms. The zero-order valence-electron chi connectivity index (χ0n) is 12.2. The monoisotopic (exact) mass is 307 g/mol. The van der Waals surface area contributed by atoms with Crippen molar-refractivity contribution in [2.75, 3.05) is 13.1 Å². The number of piperidine rings is 1. The van der Waals surface area contributed by atoms with Gasteiger partial charge in [-0.15, -0.1) is 0 Å². The SMILES string of the molecule is CC1CCN(S(=O)(=O)Cc2ccccc2C#N)C(CN)C1. The highest BCUT2D eigenvalue weighted by Gasteiger charge is 2.34. The molecule has 2 rings (SSSR count). The zero-order valence-corrected chi connectivity index (χ0v) is 13.0. The first-order chi connectivity index (χ1) is 9.97. The Morgan fingerprint density at radius 1 is 1.43 bits per heavy atom. The lowest BCUT2D eigenvalue weighted by Crippen LogP contribution is -2.49. The lowest BCUT2D eigenvalue weighted by Gasteiger charge is -2.36. The molecule has 0 saturated carbocycles. The Kier molecular flexibility index (Phi) is 4.99. The van der Waals surface area contributed by atoms with Crippen LogP contribution in [0.3, 0.4) is 0 Å². The van der Waals surface area contributed by atoms with Gasteiger partial charge in [-0.3, -0.25) is 0 Å². The van der Waals surface area contributed by atoms with E-state index in [2.05, 4.69) is 6.92 Å². The molecule has 0 radical (unpaired) electrons. The fraction of sp³-hybridized carbons (Fsp3) is 0.533. The second-order valence-corrected chi connectivity index (χ2v) is 7.58. The van der Waals surface area contributed by atoms with E-state index in [1.165, 1.54) is 4.31 Å². The number of nitrogens with zero attached hydrogens (tertiary/aromatic N) is 2. The van der Waals surface area contributed by atoms with E-state index in [0.717, 1.165) is 12.8 Å². The van der Waals surface area contributed by atoms with E-state index >= 15 is 0 Å². The molecule has 114 valence electrons. The van der Waals surface area contributed by atoms with Crippen LogP contribution in [0.25, 0.3) is 0 Å². The smallest absolute Gasteiger partial charge is 0.218 e. The minimum atomic E-state index is -3.45. The van der Waals surface area contributed by atoms with E-state index < -0.39 is 10.0 Å². The normalized spacial score (nSPS) is 23.7. The minimum absolute atomic E-state index is 0.131. The average Bonchev–Trinajstić information content (AvgIpc) is 2.47. The van der Waals surface area contributed by atoms with Crippen molar-refractivity contribution in [2.24, 2.45) is 11.7 Å². The van der Waals surface area contributed by atoms with Gasteiger partial charge in [0.25, 0.3) is 0 Å². The van der Waals surface area contributed by atoms with Gasteiger partial charge in [-0.2, -0.15) is 9.57 Å². The van der Waals surface area contributed by atoms with Gasteiger partial charge in [-0.1, -0.05) is 25.1 Å². The summed E-state index contributed by atoms with van der Waals surface area (Å²) in [5.74, 6) is 0.359. The van der Waals surface area contributed by atoms with Crippen LogP contribution in [0.2, 0.25) is 0 Å². The molecule has 1 aromatic carbocycles. The molecule has 2 atom stereocenters. The quantitative estimate of drug-likeness (QED) is 0.912. The van der Waals surface area contributed by atoms with Crippen LogP contribution in [0.15, 0.2) is 24.3 Å². The summed E-state index contributed by atoms with van der Waals surface area (Å²) in [6, 6.07) is 8.74. The fourth-order valence-corrected chi connectivity index (χ4v) is 4.67. The van der Waals surface area contributed by atoms with Crippen LogP contribution in [0, 0.1) is 17.2 Å². The Balaban J connectivity index is 2.24. The molecule has 5 nitrogen and oxygen atoms in total. The molecule has 0 aromatic heterocycles. The Morgan fingerprint density at radius 3 is 2.81 bits per heavy atom. The minimum Gasteiger partial charge on any atom is -0.329 e. The number of nitriles is 1. The molecule has 0 amide bonds.